The number of hydrogen-bond donors (Lipinski definition) is 0. The summed E-state index contributed by atoms with van der Waals surface area (Å²) in [6, 6.07) is 37.2. The van der Waals surface area contributed by atoms with Crippen molar-refractivity contribution in [2.75, 3.05) is 0 Å². The quantitative estimate of drug-likeness (QED) is 0.137. The Balaban J connectivity index is 0.000000107. The van der Waals surface area contributed by atoms with Gasteiger partial charge in [-0.05, 0) is 72.8 Å². The van der Waals surface area contributed by atoms with Gasteiger partial charge in [0.1, 0.15) is 46.7 Å². The van der Waals surface area contributed by atoms with E-state index in [4.69, 9.17) is 0 Å². The van der Waals surface area contributed by atoms with Gasteiger partial charge in [0.05, 0.1) is 70.4 Å². The molecular weight excluding hydrogens is 965 g/mol. The third kappa shape index (κ3) is 15.1. The molecule has 20 heteroatoms. The van der Waals surface area contributed by atoms with E-state index in [1.165, 1.54) is 12.7 Å². The first-order chi connectivity index (χ1) is 38.2. The summed E-state index contributed by atoms with van der Waals surface area (Å²) in [5.41, 5.74) is 11.0. The first kappa shape index (κ1) is 50.5. The minimum absolute atomic E-state index is 0.699. The number of para-hydroxylation sites is 3. The van der Waals surface area contributed by atoms with Crippen LogP contribution in [0.3, 0.4) is 0 Å². The van der Waals surface area contributed by atoms with E-state index >= 15 is 0 Å². The number of nitrogens with zero attached hydrogens (tertiary/aromatic N) is 20. The Kier molecular flexibility index (Phi) is 18.0. The molecule has 0 amide bonds. The predicted molar refractivity (Wildman–Crippen MR) is 294 cm³/mol. The molecule has 0 bridgehead atoms. The van der Waals surface area contributed by atoms with Gasteiger partial charge in [0.2, 0.25) is 0 Å². The van der Waals surface area contributed by atoms with Crippen LogP contribution in [0.4, 0.5) is 0 Å². The van der Waals surface area contributed by atoms with Gasteiger partial charge in [-0.1, -0.05) is 42.5 Å². The molecule has 0 atom stereocenters. The summed E-state index contributed by atoms with van der Waals surface area (Å²) in [6.07, 6.45) is 43.6. The first-order valence-electron chi connectivity index (χ1n) is 23.5. The average molecular weight is 1010 g/mol. The Morgan fingerprint density at radius 3 is 1.45 bits per heavy atom. The molecule has 0 spiro atoms. The zero-order chi connectivity index (χ0) is 52.4. The van der Waals surface area contributed by atoms with Gasteiger partial charge in [-0.25, -0.2) is 49.8 Å². The molecule has 20 nitrogen and oxygen atoms in total. The number of benzene rings is 2. The second-order valence-electron chi connectivity index (χ2n) is 15.5. The highest BCUT2D eigenvalue weighted by molar-refractivity contribution is 5.77. The van der Waals surface area contributed by atoms with Crippen molar-refractivity contribution in [2.24, 2.45) is 0 Å². The molecule has 0 fully saturated rings. The standard InChI is InChI=1S/2C8H6N2.2C7H5N3.3C7H6N2.C6H4N4/c1-2-4-8-7(3-1)5-9-6-10-8;1-2-4-8-7(3-1)9-5-6-10-8;1-2-8-5-7-6(1)9-3-4-10-7;1-2-6-7(9-3-1)10-5-4-8-6;1-2-7-6-8-3-5-9(7)4-1;1-2-5-9-6-4-8-7(9)3-1;1-2-4-9-6-8-5-7(9)3-1;1-5-6(10-3-7-1)2-8-4-9-5/h2*1-6H;2*1-5H;3*1-6H;1-4H. The summed E-state index contributed by atoms with van der Waals surface area (Å²) in [6.45, 7) is 0. The maximum atomic E-state index is 4.12. The topological polar surface area (TPSA) is 232 Å². The zero-order valence-electron chi connectivity index (χ0n) is 40.8. The SMILES string of the molecule is c1cc2cnccn2c1.c1cc2nccnc2cn1.c1ccc2nccnc2c1.c1ccc2ncncc2c1.c1ccn2ccnc2c1.c1ccn2cncc2c1.c1cnc2nccnc2c1.c1ncc2ncncc2n1. The molecule has 0 radical (unpaired) electrons. The number of imidazole rings is 2. The molecular formula is C57H44N20. The van der Waals surface area contributed by atoms with Crippen LogP contribution < -0.4 is 0 Å². The number of aromatic nitrogens is 20. The minimum Gasteiger partial charge on any atom is -0.321 e. The van der Waals surface area contributed by atoms with Crippen molar-refractivity contribution in [1.82, 2.24) is 97.9 Å². The summed E-state index contributed by atoms with van der Waals surface area (Å²) in [5, 5.41) is 1.09. The lowest BCUT2D eigenvalue weighted by molar-refractivity contribution is 1.14. The van der Waals surface area contributed by atoms with Crippen LogP contribution in [0.2, 0.25) is 0 Å². The molecule has 16 aromatic rings. The number of fused-ring (bicyclic) bond motifs is 8. The molecule has 0 aliphatic carbocycles. The van der Waals surface area contributed by atoms with Gasteiger partial charge in [0.15, 0.2) is 5.65 Å². The van der Waals surface area contributed by atoms with Crippen LogP contribution in [-0.2, 0) is 0 Å². The van der Waals surface area contributed by atoms with E-state index in [1.807, 2.05) is 178 Å². The number of pyridine rings is 4. The lowest BCUT2D eigenvalue weighted by Gasteiger charge is -1.90. The molecule has 16 rings (SSSR count). The third-order valence-corrected chi connectivity index (χ3v) is 10.4. The smallest absolute Gasteiger partial charge is 0.178 e. The zero-order valence-corrected chi connectivity index (χ0v) is 40.8. The van der Waals surface area contributed by atoms with E-state index in [9.17, 15) is 0 Å². The largest absolute Gasteiger partial charge is 0.321 e. The minimum atomic E-state index is 0.699. The van der Waals surface area contributed by atoms with Crippen LogP contribution in [0.5, 0.6) is 0 Å². The van der Waals surface area contributed by atoms with Gasteiger partial charge in [-0.15, -0.1) is 0 Å². The van der Waals surface area contributed by atoms with E-state index in [2.05, 4.69) is 84.7 Å². The summed E-state index contributed by atoms with van der Waals surface area (Å²) in [4.78, 5) is 67.8. The second kappa shape index (κ2) is 27.4. The summed E-state index contributed by atoms with van der Waals surface area (Å²) in [7, 11) is 0. The van der Waals surface area contributed by atoms with E-state index in [0.29, 0.717) is 5.65 Å². The van der Waals surface area contributed by atoms with Gasteiger partial charge in [0.25, 0.3) is 0 Å². The lowest BCUT2D eigenvalue weighted by atomic mass is 10.2. The fourth-order valence-electron chi connectivity index (χ4n) is 6.79. The van der Waals surface area contributed by atoms with Crippen molar-refractivity contribution in [3.8, 4) is 0 Å². The van der Waals surface area contributed by atoms with E-state index in [-0.39, 0.29) is 0 Å². The fourth-order valence-corrected chi connectivity index (χ4v) is 6.79. The molecule has 14 aromatic heterocycles. The van der Waals surface area contributed by atoms with Gasteiger partial charge in [0, 0.05) is 105 Å². The molecule has 0 saturated heterocycles. The Hall–Kier alpha value is -11.4. The highest BCUT2D eigenvalue weighted by Crippen LogP contribution is 2.08. The molecule has 0 saturated carbocycles. The molecule has 0 aliphatic heterocycles. The van der Waals surface area contributed by atoms with Crippen molar-refractivity contribution in [3.05, 3.63) is 271 Å². The Bertz CT molecular complexity index is 3330. The van der Waals surface area contributed by atoms with Crippen LogP contribution in [0, 0.1) is 0 Å². The van der Waals surface area contributed by atoms with Crippen LogP contribution in [0.15, 0.2) is 271 Å². The van der Waals surface area contributed by atoms with Gasteiger partial charge < -0.3 is 13.2 Å². The third-order valence-electron chi connectivity index (χ3n) is 10.4. The molecule has 0 aliphatic rings. The van der Waals surface area contributed by atoms with Gasteiger partial charge in [-0.3, -0.25) is 34.9 Å². The van der Waals surface area contributed by atoms with Crippen LogP contribution >= 0.6 is 0 Å². The Labute approximate surface area is 438 Å². The molecule has 77 heavy (non-hydrogen) atoms. The molecule has 0 N–H and O–H groups in total. The summed E-state index contributed by atoms with van der Waals surface area (Å²) < 4.78 is 5.97. The normalized spacial score (nSPS) is 10.1. The van der Waals surface area contributed by atoms with Crippen molar-refractivity contribution in [3.63, 3.8) is 0 Å². The summed E-state index contributed by atoms with van der Waals surface area (Å²) in [5.74, 6) is 0. The highest BCUT2D eigenvalue weighted by atomic mass is 15.0. The van der Waals surface area contributed by atoms with Crippen molar-refractivity contribution < 1.29 is 0 Å². The van der Waals surface area contributed by atoms with E-state index in [1.54, 1.807) is 93.2 Å². The molecule has 0 unspecified atom stereocenters. The van der Waals surface area contributed by atoms with Crippen LogP contribution in [-0.4, -0.2) is 97.9 Å². The highest BCUT2D eigenvalue weighted by Gasteiger charge is 1.94. The van der Waals surface area contributed by atoms with Crippen molar-refractivity contribution >= 4 is 71.8 Å². The summed E-state index contributed by atoms with van der Waals surface area (Å²) >= 11 is 0. The molecule has 14 heterocycles. The average Bonchev–Trinajstić information content (AvgIpc) is 4.33. The van der Waals surface area contributed by atoms with Crippen molar-refractivity contribution in [2.45, 2.75) is 0 Å². The Morgan fingerprint density at radius 2 is 0.753 bits per heavy atom. The second-order valence-corrected chi connectivity index (χ2v) is 15.5. The van der Waals surface area contributed by atoms with Gasteiger partial charge >= 0.3 is 0 Å². The first-order valence-corrected chi connectivity index (χ1v) is 23.5. The number of rotatable bonds is 0. The van der Waals surface area contributed by atoms with Crippen LogP contribution in [0.1, 0.15) is 0 Å². The van der Waals surface area contributed by atoms with Crippen molar-refractivity contribution in [1.29, 1.82) is 0 Å². The molecule has 2 aromatic carbocycles. The van der Waals surface area contributed by atoms with Crippen LogP contribution in [0.25, 0.3) is 71.8 Å². The molecule has 372 valence electrons. The monoisotopic (exact) mass is 1010 g/mol. The maximum Gasteiger partial charge on any atom is 0.178 e. The van der Waals surface area contributed by atoms with E-state index < -0.39 is 0 Å². The fraction of sp³-hybridized carbons (Fsp3) is 0. The Morgan fingerprint density at radius 1 is 0.247 bits per heavy atom. The number of hydrogen-bond acceptors (Lipinski definition) is 17. The van der Waals surface area contributed by atoms with E-state index in [0.717, 1.165) is 66.2 Å². The predicted octanol–water partition coefficient (Wildman–Crippen LogP) is 9.73. The van der Waals surface area contributed by atoms with Gasteiger partial charge in [-0.2, -0.15) is 0 Å². The maximum absolute atomic E-state index is 4.12. The lowest BCUT2D eigenvalue weighted by Crippen LogP contribution is -1.84.